The molecule has 0 spiro atoms. The Morgan fingerprint density at radius 3 is 2.36 bits per heavy atom. The molecule has 0 bridgehead atoms. The zero-order valence-corrected chi connectivity index (χ0v) is 12.7. The van der Waals surface area contributed by atoms with Gasteiger partial charge in [-0.1, -0.05) is 11.6 Å². The Bertz CT molecular complexity index is 553. The minimum absolute atomic E-state index is 0.0282. The van der Waals surface area contributed by atoms with Crippen LogP contribution in [0.3, 0.4) is 0 Å². The van der Waals surface area contributed by atoms with E-state index < -0.39 is 6.09 Å². The van der Waals surface area contributed by atoms with Crippen LogP contribution in [0.2, 0.25) is 5.02 Å². The number of carbonyl (C=O) groups is 3. The zero-order chi connectivity index (χ0) is 16.1. The molecule has 22 heavy (non-hydrogen) atoms. The second kappa shape index (κ2) is 7.26. The van der Waals surface area contributed by atoms with Crippen LogP contribution < -0.4 is 4.90 Å². The standard InChI is InChI=1S/C15H17ClN2O4/c16-12-1-3-13(4-2-12)18(9-10-19)14(20)11-5-7-17(8-6-11)15(21)22/h1-4,10-11H,5-9H2,(H,21,22). The van der Waals surface area contributed by atoms with E-state index in [1.165, 1.54) is 9.80 Å². The molecule has 7 heteroatoms. The van der Waals surface area contributed by atoms with Crippen molar-refractivity contribution in [1.29, 1.82) is 0 Å². The number of piperidine rings is 1. The fraction of sp³-hybridized carbons (Fsp3) is 0.400. The molecule has 0 atom stereocenters. The molecule has 2 rings (SSSR count). The van der Waals surface area contributed by atoms with E-state index in [9.17, 15) is 14.4 Å². The summed E-state index contributed by atoms with van der Waals surface area (Å²) in [5.41, 5.74) is 0.613. The molecular weight excluding hydrogens is 308 g/mol. The molecule has 1 saturated heterocycles. The van der Waals surface area contributed by atoms with E-state index >= 15 is 0 Å². The van der Waals surface area contributed by atoms with Gasteiger partial charge in [0.25, 0.3) is 0 Å². The Labute approximate surface area is 133 Å². The predicted octanol–water partition coefficient (Wildman–Crippen LogP) is 2.26. The van der Waals surface area contributed by atoms with Crippen molar-refractivity contribution in [2.75, 3.05) is 24.5 Å². The summed E-state index contributed by atoms with van der Waals surface area (Å²) in [6, 6.07) is 6.70. The van der Waals surface area contributed by atoms with Crippen molar-refractivity contribution in [3.05, 3.63) is 29.3 Å². The van der Waals surface area contributed by atoms with Gasteiger partial charge in [-0.25, -0.2) is 4.79 Å². The highest BCUT2D eigenvalue weighted by Crippen LogP contribution is 2.24. The van der Waals surface area contributed by atoms with Crippen LogP contribution in [0.5, 0.6) is 0 Å². The predicted molar refractivity (Wildman–Crippen MR) is 82.2 cm³/mol. The number of amides is 2. The number of carbonyl (C=O) groups excluding carboxylic acids is 2. The van der Waals surface area contributed by atoms with Crippen LogP contribution in [0.15, 0.2) is 24.3 Å². The molecule has 0 radical (unpaired) electrons. The van der Waals surface area contributed by atoms with Gasteiger partial charge in [-0.15, -0.1) is 0 Å². The summed E-state index contributed by atoms with van der Waals surface area (Å²) in [6.07, 6.45) is 0.648. The van der Waals surface area contributed by atoms with Crippen LogP contribution in [0.4, 0.5) is 10.5 Å². The van der Waals surface area contributed by atoms with E-state index in [4.69, 9.17) is 16.7 Å². The summed E-state index contributed by atoms with van der Waals surface area (Å²) in [6.45, 7) is 0.641. The lowest BCUT2D eigenvalue weighted by Crippen LogP contribution is -2.44. The van der Waals surface area contributed by atoms with Crippen LogP contribution >= 0.6 is 11.6 Å². The first-order valence-corrected chi connectivity index (χ1v) is 7.39. The van der Waals surface area contributed by atoms with Crippen molar-refractivity contribution < 1.29 is 19.5 Å². The number of anilines is 1. The molecule has 1 aromatic rings. The molecule has 1 fully saturated rings. The molecule has 0 unspecified atom stereocenters. The maximum Gasteiger partial charge on any atom is 0.407 e. The van der Waals surface area contributed by atoms with Crippen molar-refractivity contribution in [2.45, 2.75) is 12.8 Å². The maximum atomic E-state index is 12.6. The Balaban J connectivity index is 2.09. The highest BCUT2D eigenvalue weighted by atomic mass is 35.5. The Hall–Kier alpha value is -2.08. The Kier molecular flexibility index (Phi) is 5.38. The normalized spacial score (nSPS) is 15.4. The van der Waals surface area contributed by atoms with Gasteiger partial charge in [0.05, 0.1) is 6.54 Å². The molecule has 0 saturated carbocycles. The smallest absolute Gasteiger partial charge is 0.407 e. The first-order chi connectivity index (χ1) is 10.5. The third kappa shape index (κ3) is 3.76. The molecule has 6 nitrogen and oxygen atoms in total. The minimum Gasteiger partial charge on any atom is -0.465 e. The van der Waals surface area contributed by atoms with Crippen molar-refractivity contribution >= 4 is 35.6 Å². The van der Waals surface area contributed by atoms with Crippen LogP contribution in [0.1, 0.15) is 12.8 Å². The summed E-state index contributed by atoms with van der Waals surface area (Å²) in [5, 5.41) is 9.49. The Morgan fingerprint density at radius 2 is 1.86 bits per heavy atom. The lowest BCUT2D eigenvalue weighted by Gasteiger charge is -2.32. The first-order valence-electron chi connectivity index (χ1n) is 7.01. The van der Waals surface area contributed by atoms with Crippen LogP contribution in [0.25, 0.3) is 0 Å². The fourth-order valence-corrected chi connectivity index (χ4v) is 2.68. The van der Waals surface area contributed by atoms with Crippen molar-refractivity contribution in [1.82, 2.24) is 4.90 Å². The number of benzene rings is 1. The lowest BCUT2D eigenvalue weighted by molar-refractivity contribution is -0.124. The largest absolute Gasteiger partial charge is 0.465 e. The lowest BCUT2D eigenvalue weighted by atomic mass is 9.95. The molecule has 1 heterocycles. The number of likely N-dealkylation sites (tertiary alicyclic amines) is 1. The summed E-state index contributed by atoms with van der Waals surface area (Å²) in [7, 11) is 0. The van der Waals surface area contributed by atoms with Gasteiger partial charge >= 0.3 is 6.09 Å². The molecule has 1 aliphatic rings. The van der Waals surface area contributed by atoms with E-state index in [0.717, 1.165) is 0 Å². The highest BCUT2D eigenvalue weighted by Gasteiger charge is 2.30. The maximum absolute atomic E-state index is 12.6. The van der Waals surface area contributed by atoms with Gasteiger partial charge in [0.2, 0.25) is 5.91 Å². The monoisotopic (exact) mass is 324 g/mol. The fourth-order valence-electron chi connectivity index (χ4n) is 2.56. The van der Waals surface area contributed by atoms with E-state index in [-0.39, 0.29) is 18.4 Å². The van der Waals surface area contributed by atoms with Gasteiger partial charge in [0, 0.05) is 29.7 Å². The molecule has 0 aromatic heterocycles. The number of hydrogen-bond acceptors (Lipinski definition) is 3. The van der Waals surface area contributed by atoms with Gasteiger partial charge in [-0.3, -0.25) is 4.79 Å². The molecule has 2 amide bonds. The van der Waals surface area contributed by atoms with E-state index in [2.05, 4.69) is 0 Å². The number of halogens is 1. The summed E-state index contributed by atoms with van der Waals surface area (Å²) >= 11 is 5.83. The zero-order valence-electron chi connectivity index (χ0n) is 11.9. The van der Waals surface area contributed by atoms with Gasteiger partial charge in [-0.2, -0.15) is 0 Å². The third-order valence-electron chi connectivity index (χ3n) is 3.78. The van der Waals surface area contributed by atoms with Crippen molar-refractivity contribution in [2.24, 2.45) is 5.92 Å². The molecule has 118 valence electrons. The van der Waals surface area contributed by atoms with Gasteiger partial charge < -0.3 is 19.7 Å². The number of carboxylic acid groups (broad SMARTS) is 1. The Morgan fingerprint density at radius 1 is 1.27 bits per heavy atom. The second-order valence-electron chi connectivity index (χ2n) is 5.14. The third-order valence-corrected chi connectivity index (χ3v) is 4.03. The number of rotatable bonds is 4. The average molecular weight is 325 g/mol. The molecule has 1 aromatic carbocycles. The van der Waals surface area contributed by atoms with Crippen molar-refractivity contribution in [3.8, 4) is 0 Å². The molecular formula is C15H17ClN2O4. The number of hydrogen-bond donors (Lipinski definition) is 1. The van der Waals surface area contributed by atoms with Gasteiger partial charge in [0.1, 0.15) is 6.29 Å². The molecule has 1 aliphatic heterocycles. The number of nitrogens with zero attached hydrogens (tertiary/aromatic N) is 2. The van der Waals surface area contributed by atoms with Crippen LogP contribution in [-0.4, -0.2) is 47.9 Å². The SMILES string of the molecule is O=CCN(C(=O)C1CCN(C(=O)O)CC1)c1ccc(Cl)cc1. The first kappa shape index (κ1) is 16.3. The van der Waals surface area contributed by atoms with E-state index in [0.29, 0.717) is 42.9 Å². The quantitative estimate of drug-likeness (QED) is 0.862. The average Bonchev–Trinajstić information content (AvgIpc) is 2.53. The van der Waals surface area contributed by atoms with Crippen molar-refractivity contribution in [3.63, 3.8) is 0 Å². The molecule has 0 aliphatic carbocycles. The summed E-state index contributed by atoms with van der Waals surface area (Å²) in [5.74, 6) is -0.425. The van der Waals surface area contributed by atoms with Crippen LogP contribution in [0, 0.1) is 5.92 Å². The van der Waals surface area contributed by atoms with E-state index in [1.54, 1.807) is 24.3 Å². The summed E-state index contributed by atoms with van der Waals surface area (Å²) < 4.78 is 0. The highest BCUT2D eigenvalue weighted by molar-refractivity contribution is 6.30. The topological polar surface area (TPSA) is 77.9 Å². The minimum atomic E-state index is -0.964. The van der Waals surface area contributed by atoms with Gasteiger partial charge in [-0.05, 0) is 37.1 Å². The van der Waals surface area contributed by atoms with Crippen LogP contribution in [-0.2, 0) is 9.59 Å². The molecule has 1 N–H and O–H groups in total. The van der Waals surface area contributed by atoms with Gasteiger partial charge in [0.15, 0.2) is 0 Å². The van der Waals surface area contributed by atoms with E-state index in [1.807, 2.05) is 0 Å². The summed E-state index contributed by atoms with van der Waals surface area (Å²) in [4.78, 5) is 37.1. The number of aldehydes is 1. The second-order valence-corrected chi connectivity index (χ2v) is 5.57.